The van der Waals surface area contributed by atoms with Gasteiger partial charge in [-0.2, -0.15) is 9.78 Å². The SMILES string of the molecule is CCn1cc(C(=O)Nc2cc(C(C)(C)C)nn2-c2nc(C)c(C)c(=O)[nH]2)c(=O)c2ccc(C)nc21. The van der Waals surface area contributed by atoms with Gasteiger partial charge in [0.1, 0.15) is 17.0 Å². The van der Waals surface area contributed by atoms with Gasteiger partial charge >= 0.3 is 0 Å². The second-order valence-corrected chi connectivity index (χ2v) is 9.61. The lowest BCUT2D eigenvalue weighted by molar-refractivity contribution is 0.102. The van der Waals surface area contributed by atoms with Crippen molar-refractivity contribution in [3.63, 3.8) is 0 Å². The van der Waals surface area contributed by atoms with E-state index in [1.807, 2.05) is 34.6 Å². The Balaban J connectivity index is 1.84. The number of fused-ring (bicyclic) bond motifs is 1. The highest BCUT2D eigenvalue weighted by molar-refractivity contribution is 6.05. The van der Waals surface area contributed by atoms with Gasteiger partial charge < -0.3 is 9.88 Å². The summed E-state index contributed by atoms with van der Waals surface area (Å²) in [4.78, 5) is 50.6. The van der Waals surface area contributed by atoms with Crippen molar-refractivity contribution < 1.29 is 4.79 Å². The number of hydrogen-bond donors (Lipinski definition) is 2. The van der Waals surface area contributed by atoms with E-state index >= 15 is 0 Å². The standard InChI is InChI=1S/C25H29N7O3/c1-8-31-12-17(20(33)16-10-9-13(2)26-21(16)31)23(35)28-19-11-18(25(5,6)7)30-32(19)24-27-15(4)14(3)22(34)29-24/h9-12H,8H2,1-7H3,(H,28,35)(H,27,29,34). The third-order valence-electron chi connectivity index (χ3n) is 5.95. The molecule has 0 radical (unpaired) electrons. The molecule has 35 heavy (non-hydrogen) atoms. The molecule has 0 aliphatic carbocycles. The topological polar surface area (TPSA) is 128 Å². The van der Waals surface area contributed by atoms with Crippen molar-refractivity contribution in [1.82, 2.24) is 29.3 Å². The molecular weight excluding hydrogens is 446 g/mol. The highest BCUT2D eigenvalue weighted by Crippen LogP contribution is 2.26. The Bertz CT molecular complexity index is 1590. The second-order valence-electron chi connectivity index (χ2n) is 9.61. The molecule has 0 saturated heterocycles. The monoisotopic (exact) mass is 475 g/mol. The van der Waals surface area contributed by atoms with Crippen molar-refractivity contribution in [3.05, 3.63) is 73.2 Å². The number of H-pyrrole nitrogens is 1. The van der Waals surface area contributed by atoms with Crippen LogP contribution < -0.4 is 16.3 Å². The van der Waals surface area contributed by atoms with Crippen LogP contribution in [-0.2, 0) is 12.0 Å². The number of nitrogens with one attached hydrogen (secondary N) is 2. The number of nitrogens with zero attached hydrogens (tertiary/aromatic N) is 5. The molecule has 10 nitrogen and oxygen atoms in total. The maximum Gasteiger partial charge on any atom is 0.262 e. The third-order valence-corrected chi connectivity index (χ3v) is 5.95. The van der Waals surface area contributed by atoms with E-state index in [9.17, 15) is 14.4 Å². The number of carbonyl (C=O) groups excluding carboxylic acids is 1. The smallest absolute Gasteiger partial charge is 0.262 e. The molecule has 10 heteroatoms. The fourth-order valence-electron chi connectivity index (χ4n) is 3.67. The van der Waals surface area contributed by atoms with E-state index in [2.05, 4.69) is 25.4 Å². The predicted octanol–water partition coefficient (Wildman–Crippen LogP) is 3.16. The van der Waals surface area contributed by atoms with E-state index in [1.165, 1.54) is 10.9 Å². The molecule has 182 valence electrons. The fourth-order valence-corrected chi connectivity index (χ4v) is 3.67. The van der Waals surface area contributed by atoms with E-state index in [4.69, 9.17) is 0 Å². The average molecular weight is 476 g/mol. The number of aromatic amines is 1. The summed E-state index contributed by atoms with van der Waals surface area (Å²) in [5, 5.41) is 7.78. The molecule has 1 amide bonds. The lowest BCUT2D eigenvalue weighted by atomic mass is 9.92. The van der Waals surface area contributed by atoms with Crippen LogP contribution >= 0.6 is 0 Å². The van der Waals surface area contributed by atoms with E-state index in [-0.39, 0.29) is 28.3 Å². The number of anilines is 1. The lowest BCUT2D eigenvalue weighted by Gasteiger charge is -2.14. The van der Waals surface area contributed by atoms with Crippen molar-refractivity contribution in [2.45, 2.75) is 60.4 Å². The zero-order chi connectivity index (χ0) is 25.7. The van der Waals surface area contributed by atoms with Crippen LogP contribution in [0.3, 0.4) is 0 Å². The maximum absolute atomic E-state index is 13.4. The molecule has 4 aromatic heterocycles. The minimum absolute atomic E-state index is 0.0170. The molecule has 0 aliphatic rings. The van der Waals surface area contributed by atoms with Gasteiger partial charge in [0, 0.05) is 41.2 Å². The maximum atomic E-state index is 13.4. The molecule has 4 heterocycles. The van der Waals surface area contributed by atoms with Gasteiger partial charge in [0.15, 0.2) is 0 Å². The Labute approximate surface area is 202 Å². The van der Waals surface area contributed by atoms with E-state index in [1.54, 1.807) is 36.6 Å². The molecule has 0 atom stereocenters. The van der Waals surface area contributed by atoms with Gasteiger partial charge in [0.05, 0.1) is 11.1 Å². The number of aromatic nitrogens is 6. The number of amides is 1. The summed E-state index contributed by atoms with van der Waals surface area (Å²) in [6, 6.07) is 5.16. The minimum atomic E-state index is -0.590. The van der Waals surface area contributed by atoms with Crippen molar-refractivity contribution in [2.75, 3.05) is 5.32 Å². The Morgan fingerprint density at radius 3 is 2.46 bits per heavy atom. The van der Waals surface area contributed by atoms with Gasteiger partial charge in [0.2, 0.25) is 11.4 Å². The summed E-state index contributed by atoms with van der Waals surface area (Å²) in [6.45, 7) is 13.7. The molecule has 0 aliphatic heterocycles. The quantitative estimate of drug-likeness (QED) is 0.467. The lowest BCUT2D eigenvalue weighted by Crippen LogP contribution is -2.26. The first-order valence-corrected chi connectivity index (χ1v) is 11.4. The predicted molar refractivity (Wildman–Crippen MR) is 135 cm³/mol. The van der Waals surface area contributed by atoms with E-state index in [0.29, 0.717) is 34.5 Å². The Morgan fingerprint density at radius 1 is 1.11 bits per heavy atom. The van der Waals surface area contributed by atoms with Crippen LogP contribution in [0.4, 0.5) is 5.82 Å². The fraction of sp³-hybridized carbons (Fsp3) is 0.360. The molecule has 4 rings (SSSR count). The summed E-state index contributed by atoms with van der Waals surface area (Å²) < 4.78 is 3.16. The summed E-state index contributed by atoms with van der Waals surface area (Å²) in [7, 11) is 0. The average Bonchev–Trinajstić information content (AvgIpc) is 3.21. The zero-order valence-corrected chi connectivity index (χ0v) is 21.0. The molecule has 0 spiro atoms. The van der Waals surface area contributed by atoms with Crippen LogP contribution in [0.1, 0.15) is 60.7 Å². The summed E-state index contributed by atoms with van der Waals surface area (Å²) in [5.41, 5.74) is 1.99. The van der Waals surface area contributed by atoms with Crippen LogP contribution in [-0.4, -0.2) is 35.2 Å². The van der Waals surface area contributed by atoms with Gasteiger partial charge in [-0.1, -0.05) is 20.8 Å². The molecule has 4 aromatic rings. The first-order chi connectivity index (χ1) is 16.4. The van der Waals surface area contributed by atoms with Gasteiger partial charge in [-0.3, -0.25) is 19.4 Å². The van der Waals surface area contributed by atoms with Gasteiger partial charge in [-0.05, 0) is 39.8 Å². The van der Waals surface area contributed by atoms with E-state index < -0.39 is 11.3 Å². The first-order valence-electron chi connectivity index (χ1n) is 11.4. The van der Waals surface area contributed by atoms with Crippen molar-refractivity contribution in [3.8, 4) is 5.95 Å². The van der Waals surface area contributed by atoms with Crippen molar-refractivity contribution in [2.24, 2.45) is 0 Å². The molecule has 0 bridgehead atoms. The molecule has 0 unspecified atom stereocenters. The van der Waals surface area contributed by atoms with Crippen LogP contribution in [0.15, 0.2) is 34.0 Å². The van der Waals surface area contributed by atoms with Crippen molar-refractivity contribution >= 4 is 22.8 Å². The molecule has 2 N–H and O–H groups in total. The Hall–Kier alpha value is -4.08. The van der Waals surface area contributed by atoms with Crippen LogP contribution in [0.25, 0.3) is 17.0 Å². The van der Waals surface area contributed by atoms with Crippen LogP contribution in [0.2, 0.25) is 0 Å². The van der Waals surface area contributed by atoms with Gasteiger partial charge in [-0.15, -0.1) is 0 Å². The molecule has 0 saturated carbocycles. The Kier molecular flexibility index (Phi) is 5.92. The normalized spacial score (nSPS) is 11.7. The van der Waals surface area contributed by atoms with Gasteiger partial charge in [-0.25, -0.2) is 9.97 Å². The Morgan fingerprint density at radius 2 is 1.83 bits per heavy atom. The highest BCUT2D eigenvalue weighted by atomic mass is 16.2. The third kappa shape index (κ3) is 4.39. The summed E-state index contributed by atoms with van der Waals surface area (Å²) in [6.07, 6.45) is 1.52. The number of pyridine rings is 2. The van der Waals surface area contributed by atoms with Gasteiger partial charge in [0.25, 0.3) is 11.5 Å². The second kappa shape index (κ2) is 8.61. The van der Waals surface area contributed by atoms with E-state index in [0.717, 1.165) is 5.69 Å². The first kappa shape index (κ1) is 24.1. The number of aryl methyl sites for hydroxylation is 3. The highest BCUT2D eigenvalue weighted by Gasteiger charge is 2.24. The summed E-state index contributed by atoms with van der Waals surface area (Å²) in [5.74, 6) is -0.128. The summed E-state index contributed by atoms with van der Waals surface area (Å²) >= 11 is 0. The zero-order valence-electron chi connectivity index (χ0n) is 21.0. The van der Waals surface area contributed by atoms with Crippen LogP contribution in [0, 0.1) is 20.8 Å². The number of hydrogen-bond acceptors (Lipinski definition) is 6. The van der Waals surface area contributed by atoms with Crippen molar-refractivity contribution in [1.29, 1.82) is 0 Å². The molecule has 0 fully saturated rings. The molecule has 0 aromatic carbocycles. The van der Waals surface area contributed by atoms with Crippen LogP contribution in [0.5, 0.6) is 0 Å². The number of carbonyl (C=O) groups is 1. The largest absolute Gasteiger partial charge is 0.332 e. The number of rotatable bonds is 4. The minimum Gasteiger partial charge on any atom is -0.332 e. The molecular formula is C25H29N7O3.